The number of nitrogens with zero attached hydrogens (tertiary/aromatic N) is 2. The molecule has 3 N–H and O–H groups in total. The van der Waals surface area contributed by atoms with E-state index < -0.39 is 0 Å². The molecule has 0 saturated carbocycles. The van der Waals surface area contributed by atoms with Crippen molar-refractivity contribution in [3.63, 3.8) is 0 Å². The second-order valence-corrected chi connectivity index (χ2v) is 4.03. The maximum absolute atomic E-state index is 6.04. The van der Waals surface area contributed by atoms with E-state index in [0.717, 1.165) is 5.56 Å². The predicted octanol–water partition coefficient (Wildman–Crippen LogP) is 2.24. The monoisotopic (exact) mass is 248 g/mol. The van der Waals surface area contributed by atoms with E-state index in [0.29, 0.717) is 17.5 Å². The maximum Gasteiger partial charge on any atom is 0.151 e. The molecule has 0 aliphatic rings. The molecule has 17 heavy (non-hydrogen) atoms. The summed E-state index contributed by atoms with van der Waals surface area (Å²) in [6.45, 7) is 0.598. The van der Waals surface area contributed by atoms with Crippen LogP contribution in [0.25, 0.3) is 0 Å². The molecule has 2 rings (SSSR count). The molecule has 1 heterocycles. The molecule has 1 aromatic carbocycles. The number of nitrogens with one attached hydrogen (secondary N) is 1. The van der Waals surface area contributed by atoms with Gasteiger partial charge in [-0.15, -0.1) is 10.2 Å². The Kier molecular flexibility index (Phi) is 3.90. The number of nitrogens with two attached hydrogens (primary N) is 1. The molecule has 4 nitrogen and oxygen atoms in total. The zero-order valence-electron chi connectivity index (χ0n) is 9.18. The second kappa shape index (κ2) is 5.61. The molecule has 0 aliphatic heterocycles. The van der Waals surface area contributed by atoms with Crippen LogP contribution in [0.4, 0.5) is 5.82 Å². The Bertz CT molecular complexity index is 458. The van der Waals surface area contributed by atoms with Crippen LogP contribution >= 0.6 is 11.6 Å². The number of anilines is 1. The fourth-order valence-corrected chi connectivity index (χ4v) is 1.54. The summed E-state index contributed by atoms with van der Waals surface area (Å²) in [5.74, 6) is 0.667. The van der Waals surface area contributed by atoms with Crippen LogP contribution in [0, 0.1) is 0 Å². The summed E-state index contributed by atoms with van der Waals surface area (Å²) in [4.78, 5) is 0. The summed E-state index contributed by atoms with van der Waals surface area (Å²) in [6.07, 6.45) is 0. The first-order valence-electron chi connectivity index (χ1n) is 5.29. The van der Waals surface area contributed by atoms with Crippen LogP contribution in [-0.2, 0) is 0 Å². The van der Waals surface area contributed by atoms with Gasteiger partial charge in [-0.1, -0.05) is 41.9 Å². The lowest BCUT2D eigenvalue weighted by molar-refractivity contribution is 0.759. The molecular weight excluding hydrogens is 236 g/mol. The zero-order valence-corrected chi connectivity index (χ0v) is 9.93. The van der Waals surface area contributed by atoms with Crippen molar-refractivity contribution < 1.29 is 0 Å². The molecule has 1 unspecified atom stereocenters. The summed E-state index contributed by atoms with van der Waals surface area (Å²) >= 11 is 5.64. The van der Waals surface area contributed by atoms with Crippen molar-refractivity contribution in [1.82, 2.24) is 10.2 Å². The first kappa shape index (κ1) is 11.8. The molecule has 0 fully saturated rings. The summed E-state index contributed by atoms with van der Waals surface area (Å²) in [7, 11) is 0. The van der Waals surface area contributed by atoms with E-state index in [2.05, 4.69) is 15.5 Å². The number of rotatable bonds is 4. The number of benzene rings is 1. The van der Waals surface area contributed by atoms with E-state index in [9.17, 15) is 0 Å². The first-order valence-corrected chi connectivity index (χ1v) is 5.67. The second-order valence-electron chi connectivity index (χ2n) is 3.64. The highest BCUT2D eigenvalue weighted by atomic mass is 35.5. The van der Waals surface area contributed by atoms with E-state index in [1.54, 1.807) is 12.1 Å². The smallest absolute Gasteiger partial charge is 0.151 e. The third-order valence-electron chi connectivity index (χ3n) is 2.36. The molecule has 0 spiro atoms. The van der Waals surface area contributed by atoms with Crippen molar-refractivity contribution in [3.05, 3.63) is 53.2 Å². The Labute approximate surface area is 105 Å². The van der Waals surface area contributed by atoms with Crippen LogP contribution in [0.2, 0.25) is 5.15 Å². The van der Waals surface area contributed by atoms with E-state index in [4.69, 9.17) is 17.3 Å². The van der Waals surface area contributed by atoms with Crippen LogP contribution in [-0.4, -0.2) is 16.7 Å². The van der Waals surface area contributed by atoms with Crippen molar-refractivity contribution in [2.24, 2.45) is 5.73 Å². The van der Waals surface area contributed by atoms with E-state index in [-0.39, 0.29) is 6.04 Å². The number of halogens is 1. The van der Waals surface area contributed by atoms with Gasteiger partial charge in [-0.3, -0.25) is 0 Å². The van der Waals surface area contributed by atoms with Gasteiger partial charge in [-0.2, -0.15) is 0 Å². The highest BCUT2D eigenvalue weighted by Gasteiger charge is 2.05. The van der Waals surface area contributed by atoms with Gasteiger partial charge in [0.25, 0.3) is 0 Å². The fourth-order valence-electron chi connectivity index (χ4n) is 1.44. The topological polar surface area (TPSA) is 63.8 Å². The summed E-state index contributed by atoms with van der Waals surface area (Å²) in [6, 6.07) is 13.3. The highest BCUT2D eigenvalue weighted by molar-refractivity contribution is 6.29. The molecular formula is C12H13ClN4. The van der Waals surface area contributed by atoms with Gasteiger partial charge in [0.2, 0.25) is 0 Å². The Morgan fingerprint density at radius 2 is 1.88 bits per heavy atom. The minimum Gasteiger partial charge on any atom is -0.367 e. The standard InChI is InChI=1S/C12H13ClN4/c13-11-6-7-12(17-16-11)15-8-10(14)9-4-2-1-3-5-9/h1-7,10H,8,14H2,(H,15,17). The lowest BCUT2D eigenvalue weighted by Gasteiger charge is -2.13. The third kappa shape index (κ3) is 3.41. The van der Waals surface area contributed by atoms with Crippen molar-refractivity contribution in [2.45, 2.75) is 6.04 Å². The lowest BCUT2D eigenvalue weighted by atomic mass is 10.1. The van der Waals surface area contributed by atoms with Crippen LogP contribution in [0.3, 0.4) is 0 Å². The predicted molar refractivity (Wildman–Crippen MR) is 68.9 cm³/mol. The molecule has 5 heteroatoms. The average Bonchev–Trinajstić information content (AvgIpc) is 2.39. The SMILES string of the molecule is NC(CNc1ccc(Cl)nn1)c1ccccc1. The summed E-state index contributed by atoms with van der Waals surface area (Å²) in [5.41, 5.74) is 7.12. The Hall–Kier alpha value is -1.65. The lowest BCUT2D eigenvalue weighted by Crippen LogP contribution is -2.21. The normalized spacial score (nSPS) is 12.1. The molecule has 0 bridgehead atoms. The summed E-state index contributed by atoms with van der Waals surface area (Å²) < 4.78 is 0. The van der Waals surface area contributed by atoms with Crippen LogP contribution in [0.5, 0.6) is 0 Å². The van der Waals surface area contributed by atoms with Crippen molar-refractivity contribution in [3.8, 4) is 0 Å². The molecule has 0 aliphatic carbocycles. The van der Waals surface area contributed by atoms with Gasteiger partial charge >= 0.3 is 0 Å². The molecule has 0 radical (unpaired) electrons. The molecule has 1 atom stereocenters. The van der Waals surface area contributed by atoms with Gasteiger partial charge in [0, 0.05) is 12.6 Å². The van der Waals surface area contributed by atoms with Gasteiger partial charge in [-0.25, -0.2) is 0 Å². The summed E-state index contributed by atoms with van der Waals surface area (Å²) in [5, 5.41) is 11.1. The van der Waals surface area contributed by atoms with Gasteiger partial charge < -0.3 is 11.1 Å². The quantitative estimate of drug-likeness (QED) is 0.871. The molecule has 0 saturated heterocycles. The van der Waals surface area contributed by atoms with Crippen LogP contribution in [0.15, 0.2) is 42.5 Å². The van der Waals surface area contributed by atoms with Crippen molar-refractivity contribution in [2.75, 3.05) is 11.9 Å². The maximum atomic E-state index is 6.04. The Morgan fingerprint density at radius 3 is 2.53 bits per heavy atom. The van der Waals surface area contributed by atoms with Gasteiger partial charge in [0.15, 0.2) is 5.15 Å². The Morgan fingerprint density at radius 1 is 1.12 bits per heavy atom. The highest BCUT2D eigenvalue weighted by Crippen LogP contribution is 2.11. The van der Waals surface area contributed by atoms with Gasteiger partial charge in [0.05, 0.1) is 0 Å². The molecule has 1 aromatic heterocycles. The third-order valence-corrected chi connectivity index (χ3v) is 2.56. The fraction of sp³-hybridized carbons (Fsp3) is 0.167. The van der Waals surface area contributed by atoms with Crippen LogP contribution in [0.1, 0.15) is 11.6 Å². The van der Waals surface area contributed by atoms with Crippen LogP contribution < -0.4 is 11.1 Å². The van der Waals surface area contributed by atoms with E-state index >= 15 is 0 Å². The van der Waals surface area contributed by atoms with E-state index in [1.165, 1.54) is 0 Å². The molecule has 88 valence electrons. The number of hydrogen-bond acceptors (Lipinski definition) is 4. The number of hydrogen-bond donors (Lipinski definition) is 2. The van der Waals surface area contributed by atoms with Crippen molar-refractivity contribution >= 4 is 17.4 Å². The minimum absolute atomic E-state index is 0.0753. The molecule has 0 amide bonds. The van der Waals surface area contributed by atoms with Crippen molar-refractivity contribution in [1.29, 1.82) is 0 Å². The average molecular weight is 249 g/mol. The Balaban J connectivity index is 1.92. The first-order chi connectivity index (χ1) is 8.25. The van der Waals surface area contributed by atoms with E-state index in [1.807, 2.05) is 30.3 Å². The molecule has 2 aromatic rings. The van der Waals surface area contributed by atoms with Gasteiger partial charge in [-0.05, 0) is 17.7 Å². The van der Waals surface area contributed by atoms with Gasteiger partial charge in [0.1, 0.15) is 5.82 Å². The largest absolute Gasteiger partial charge is 0.367 e. The minimum atomic E-state index is -0.0753. The zero-order chi connectivity index (χ0) is 12.1. The number of aromatic nitrogens is 2.